The van der Waals surface area contributed by atoms with Crippen LogP contribution in [-0.4, -0.2) is 23.2 Å². The first-order valence-electron chi connectivity index (χ1n) is 6.39. The largest absolute Gasteiger partial charge is 0.548 e. The predicted molar refractivity (Wildman–Crippen MR) is 72.9 cm³/mol. The lowest BCUT2D eigenvalue weighted by molar-refractivity contribution is -0.313. The van der Waals surface area contributed by atoms with Crippen molar-refractivity contribution < 1.29 is 19.4 Å². The minimum atomic E-state index is -1.52. The summed E-state index contributed by atoms with van der Waals surface area (Å²) in [6.07, 6.45) is -0.657. The summed E-state index contributed by atoms with van der Waals surface area (Å²) in [5, 5.41) is 13.7. The lowest BCUT2D eigenvalue weighted by Gasteiger charge is -2.33. The molecule has 0 aliphatic heterocycles. The van der Waals surface area contributed by atoms with E-state index in [1.807, 2.05) is 6.07 Å². The molecule has 0 aromatic heterocycles. The number of carbonyl (C=O) groups is 2. The van der Waals surface area contributed by atoms with Gasteiger partial charge in [0.05, 0.1) is 11.5 Å². The highest BCUT2D eigenvalue weighted by molar-refractivity contribution is 5.83. The maximum Gasteiger partial charge on any atom is 0.408 e. The molecule has 5 nitrogen and oxygen atoms in total. The number of carboxylic acid groups (broad SMARTS) is 1. The van der Waals surface area contributed by atoms with E-state index in [-0.39, 0.29) is 6.42 Å². The van der Waals surface area contributed by atoms with Gasteiger partial charge in [0, 0.05) is 6.42 Å². The fourth-order valence-corrected chi connectivity index (χ4v) is 1.70. The van der Waals surface area contributed by atoms with Crippen LogP contribution in [0.3, 0.4) is 0 Å². The third kappa shape index (κ3) is 4.91. The van der Waals surface area contributed by atoms with Gasteiger partial charge in [-0.2, -0.15) is 0 Å². The van der Waals surface area contributed by atoms with Crippen molar-refractivity contribution >= 4 is 12.1 Å². The Balaban J connectivity index is 2.82. The summed E-state index contributed by atoms with van der Waals surface area (Å²) in [4.78, 5) is 23.1. The molecule has 5 heteroatoms. The Kier molecular flexibility index (Phi) is 4.76. The normalized spacial score (nSPS) is 14.2. The van der Waals surface area contributed by atoms with Crippen molar-refractivity contribution in [1.82, 2.24) is 5.32 Å². The fraction of sp³-hybridized carbons (Fsp3) is 0.467. The van der Waals surface area contributed by atoms with Gasteiger partial charge in [0.2, 0.25) is 0 Å². The summed E-state index contributed by atoms with van der Waals surface area (Å²) in [5.74, 6) is -1.35. The molecule has 0 saturated heterocycles. The summed E-state index contributed by atoms with van der Waals surface area (Å²) >= 11 is 0. The van der Waals surface area contributed by atoms with Crippen molar-refractivity contribution in [1.29, 1.82) is 0 Å². The highest BCUT2D eigenvalue weighted by Gasteiger charge is 2.30. The van der Waals surface area contributed by atoms with Gasteiger partial charge in [0.15, 0.2) is 0 Å². The Bertz CT molecular complexity index is 478. The molecule has 20 heavy (non-hydrogen) atoms. The minimum Gasteiger partial charge on any atom is -0.548 e. The molecule has 1 rings (SSSR count). The Labute approximate surface area is 118 Å². The number of hydrogen-bond acceptors (Lipinski definition) is 4. The molecule has 1 atom stereocenters. The van der Waals surface area contributed by atoms with Crippen LogP contribution in [0.1, 0.15) is 33.3 Å². The Hall–Kier alpha value is -2.04. The van der Waals surface area contributed by atoms with Crippen molar-refractivity contribution in [2.24, 2.45) is 0 Å². The third-order valence-electron chi connectivity index (χ3n) is 2.63. The molecular formula is C15H20NO4-. The molecule has 1 amide bonds. The summed E-state index contributed by atoms with van der Waals surface area (Å²) in [7, 11) is 0. The van der Waals surface area contributed by atoms with Gasteiger partial charge >= 0.3 is 6.09 Å². The molecule has 1 N–H and O–H groups in total. The van der Waals surface area contributed by atoms with Gasteiger partial charge in [-0.05, 0) is 33.3 Å². The van der Waals surface area contributed by atoms with E-state index in [9.17, 15) is 14.7 Å². The van der Waals surface area contributed by atoms with E-state index < -0.39 is 23.2 Å². The summed E-state index contributed by atoms with van der Waals surface area (Å²) in [6.45, 7) is 6.53. The monoisotopic (exact) mass is 278 g/mol. The van der Waals surface area contributed by atoms with Gasteiger partial charge in [-0.15, -0.1) is 0 Å². The number of rotatable bonds is 4. The fourth-order valence-electron chi connectivity index (χ4n) is 1.70. The lowest BCUT2D eigenvalue weighted by atomic mass is 9.93. The second kappa shape index (κ2) is 5.94. The molecule has 1 aromatic carbocycles. The number of amides is 1. The van der Waals surface area contributed by atoms with Crippen molar-refractivity contribution in [2.45, 2.75) is 45.3 Å². The maximum atomic E-state index is 11.7. The molecule has 0 bridgehead atoms. The summed E-state index contributed by atoms with van der Waals surface area (Å²) in [6, 6.07) is 9.02. The standard InChI is InChI=1S/C15H21NO4/c1-14(2,3)20-13(19)16-15(4,12(17)18)10-11-8-6-5-7-9-11/h5-9H,10H2,1-4H3,(H,16,19)(H,17,18)/p-1/t15-/m0/s1. The first kappa shape index (κ1) is 16.0. The van der Waals surface area contributed by atoms with E-state index in [4.69, 9.17) is 4.74 Å². The van der Waals surface area contributed by atoms with Gasteiger partial charge in [-0.25, -0.2) is 4.79 Å². The maximum absolute atomic E-state index is 11.7. The molecule has 0 unspecified atom stereocenters. The van der Waals surface area contributed by atoms with Crippen molar-refractivity contribution in [2.75, 3.05) is 0 Å². The van der Waals surface area contributed by atoms with Gasteiger partial charge in [-0.3, -0.25) is 0 Å². The first-order valence-corrected chi connectivity index (χ1v) is 6.39. The number of hydrogen-bond donors (Lipinski definition) is 1. The zero-order chi connectivity index (χ0) is 15.4. The molecule has 0 heterocycles. The molecule has 0 spiro atoms. The number of carbonyl (C=O) groups excluding carboxylic acids is 2. The van der Waals surface area contributed by atoms with Crippen molar-refractivity contribution in [3.63, 3.8) is 0 Å². The lowest BCUT2D eigenvalue weighted by Crippen LogP contribution is -2.60. The van der Waals surface area contributed by atoms with E-state index >= 15 is 0 Å². The van der Waals surface area contributed by atoms with Crippen molar-refractivity contribution in [3.8, 4) is 0 Å². The Morgan fingerprint density at radius 1 is 1.15 bits per heavy atom. The van der Waals surface area contributed by atoms with Crippen LogP contribution in [0.5, 0.6) is 0 Å². The topological polar surface area (TPSA) is 78.5 Å². The van der Waals surface area contributed by atoms with Crippen LogP contribution in [0.25, 0.3) is 0 Å². The Morgan fingerprint density at radius 2 is 1.70 bits per heavy atom. The molecule has 1 aromatic rings. The van der Waals surface area contributed by atoms with Gasteiger partial charge in [0.25, 0.3) is 0 Å². The molecule has 0 aliphatic carbocycles. The number of carboxylic acids is 1. The second-order valence-electron chi connectivity index (χ2n) is 5.91. The van der Waals surface area contributed by atoms with Gasteiger partial charge in [-0.1, -0.05) is 30.3 Å². The molecular weight excluding hydrogens is 258 g/mol. The van der Waals surface area contributed by atoms with E-state index in [1.165, 1.54) is 6.92 Å². The number of ether oxygens (including phenoxy) is 1. The van der Waals surface area contributed by atoms with Crippen LogP contribution < -0.4 is 10.4 Å². The van der Waals surface area contributed by atoms with Gasteiger partial charge in [0.1, 0.15) is 5.60 Å². The zero-order valence-electron chi connectivity index (χ0n) is 12.2. The number of nitrogens with one attached hydrogen (secondary N) is 1. The van der Waals surface area contributed by atoms with E-state index in [0.717, 1.165) is 5.56 Å². The zero-order valence-corrected chi connectivity index (χ0v) is 12.2. The van der Waals surface area contributed by atoms with E-state index in [1.54, 1.807) is 45.0 Å². The quantitative estimate of drug-likeness (QED) is 0.899. The molecule has 0 fully saturated rings. The molecule has 0 saturated carbocycles. The summed E-state index contributed by atoms with van der Waals surface area (Å²) in [5.41, 5.74) is -1.43. The smallest absolute Gasteiger partial charge is 0.408 e. The average molecular weight is 278 g/mol. The number of aliphatic carboxylic acids is 1. The van der Waals surface area contributed by atoms with Crippen LogP contribution in [0.2, 0.25) is 0 Å². The van der Waals surface area contributed by atoms with Crippen LogP contribution in [-0.2, 0) is 16.0 Å². The number of alkyl carbamates (subject to hydrolysis) is 1. The highest BCUT2D eigenvalue weighted by atomic mass is 16.6. The predicted octanol–water partition coefficient (Wildman–Crippen LogP) is 1.26. The van der Waals surface area contributed by atoms with Crippen molar-refractivity contribution in [3.05, 3.63) is 35.9 Å². The summed E-state index contributed by atoms with van der Waals surface area (Å²) < 4.78 is 5.08. The van der Waals surface area contributed by atoms with Gasteiger partial charge < -0.3 is 20.0 Å². The second-order valence-corrected chi connectivity index (χ2v) is 5.91. The van der Waals surface area contributed by atoms with Crippen LogP contribution in [0.15, 0.2) is 30.3 Å². The van der Waals surface area contributed by atoms with Crippen LogP contribution in [0, 0.1) is 0 Å². The molecule has 0 radical (unpaired) electrons. The SMILES string of the molecule is CC(C)(C)OC(=O)N[C@@](C)(Cc1ccccc1)C(=O)[O-]. The third-order valence-corrected chi connectivity index (χ3v) is 2.63. The van der Waals surface area contributed by atoms with E-state index in [2.05, 4.69) is 5.32 Å². The first-order chi connectivity index (χ1) is 9.12. The minimum absolute atomic E-state index is 0.120. The van der Waals surface area contributed by atoms with Crippen LogP contribution >= 0.6 is 0 Å². The van der Waals surface area contributed by atoms with E-state index in [0.29, 0.717) is 0 Å². The highest BCUT2D eigenvalue weighted by Crippen LogP contribution is 2.15. The van der Waals surface area contributed by atoms with Crippen LogP contribution in [0.4, 0.5) is 4.79 Å². The average Bonchev–Trinajstić information content (AvgIpc) is 2.26. The molecule has 110 valence electrons. The number of benzene rings is 1. The Morgan fingerprint density at radius 3 is 2.15 bits per heavy atom. The molecule has 0 aliphatic rings.